The summed E-state index contributed by atoms with van der Waals surface area (Å²) in [6, 6.07) is 16.6. The molecule has 0 saturated carbocycles. The van der Waals surface area contributed by atoms with Crippen molar-refractivity contribution in [2.24, 2.45) is 0 Å². The minimum Gasteiger partial charge on any atom is -0.369 e. The number of nitrogens with one attached hydrogen (secondary N) is 1. The molecular weight excluding hydrogens is 430 g/mol. The first-order valence-corrected chi connectivity index (χ1v) is 11.7. The number of carbonyl (C=O) groups excluding carboxylic acids is 1. The van der Waals surface area contributed by atoms with Crippen molar-refractivity contribution in [3.63, 3.8) is 0 Å². The molecule has 2 aromatic carbocycles. The van der Waals surface area contributed by atoms with Gasteiger partial charge in [-0.25, -0.2) is 4.79 Å². The van der Waals surface area contributed by atoms with Crippen LogP contribution in [0.5, 0.6) is 0 Å². The minimum absolute atomic E-state index is 0.328. The average molecular weight is 462 g/mol. The molecule has 1 N–H and O–H groups in total. The lowest BCUT2D eigenvalue weighted by Crippen LogP contribution is -2.46. The number of hydrogen-bond donors (Lipinski definition) is 1. The molecule has 1 aromatic heterocycles. The van der Waals surface area contributed by atoms with E-state index in [9.17, 15) is 14.4 Å². The average Bonchev–Trinajstić information content (AvgIpc) is 2.84. The van der Waals surface area contributed by atoms with Crippen LogP contribution in [0.3, 0.4) is 0 Å². The Balaban J connectivity index is 1.44. The molecule has 1 amide bonds. The number of aryl methyl sites for hydroxylation is 1. The summed E-state index contributed by atoms with van der Waals surface area (Å²) in [6.07, 6.45) is 1.47. The molecule has 178 valence electrons. The number of likely N-dealkylation sites (N-methyl/N-ethyl adjacent to an activating group) is 1. The number of nitrogens with zero attached hydrogens (tertiary/aromatic N) is 4. The Morgan fingerprint density at radius 3 is 2.38 bits per heavy atom. The van der Waals surface area contributed by atoms with Crippen molar-refractivity contribution >= 4 is 17.3 Å². The van der Waals surface area contributed by atoms with Gasteiger partial charge in [0.25, 0.3) is 5.56 Å². The van der Waals surface area contributed by atoms with E-state index in [-0.39, 0.29) is 6.54 Å². The maximum atomic E-state index is 12.8. The summed E-state index contributed by atoms with van der Waals surface area (Å²) < 4.78 is 2.40. The molecule has 0 aliphatic carbocycles. The normalized spacial score (nSPS) is 14.2. The van der Waals surface area contributed by atoms with Gasteiger partial charge < -0.3 is 15.1 Å². The maximum absolute atomic E-state index is 12.8. The SMILES string of the molecule is CCN1CCN(c2ccc(NC(=O)Cn3c(=O)ccn(Cc4ccccc4)c3=O)cc2C)CC1. The highest BCUT2D eigenvalue weighted by atomic mass is 16.2. The van der Waals surface area contributed by atoms with Crippen LogP contribution in [0.25, 0.3) is 0 Å². The molecule has 1 aliphatic heterocycles. The van der Waals surface area contributed by atoms with Crippen molar-refractivity contribution in [1.29, 1.82) is 0 Å². The second-order valence-corrected chi connectivity index (χ2v) is 8.61. The summed E-state index contributed by atoms with van der Waals surface area (Å²) in [6.45, 7) is 9.31. The Morgan fingerprint density at radius 2 is 1.71 bits per heavy atom. The Labute approximate surface area is 199 Å². The van der Waals surface area contributed by atoms with Crippen LogP contribution in [0.15, 0.2) is 70.4 Å². The van der Waals surface area contributed by atoms with Crippen LogP contribution in [0, 0.1) is 6.92 Å². The standard InChI is InChI=1S/C26H31N5O3/c1-3-28-13-15-29(16-14-28)23-10-9-22(17-20(23)2)27-24(32)19-31-25(33)11-12-30(26(31)34)18-21-7-5-4-6-8-21/h4-12,17H,3,13-16,18-19H2,1-2H3,(H,27,32). The lowest BCUT2D eigenvalue weighted by molar-refractivity contribution is -0.116. The van der Waals surface area contributed by atoms with E-state index < -0.39 is 17.2 Å². The molecule has 2 heterocycles. The van der Waals surface area contributed by atoms with Gasteiger partial charge in [0.05, 0.1) is 6.54 Å². The summed E-state index contributed by atoms with van der Waals surface area (Å²) in [5, 5.41) is 2.83. The van der Waals surface area contributed by atoms with Crippen LogP contribution in [-0.2, 0) is 17.9 Å². The zero-order valence-corrected chi connectivity index (χ0v) is 19.7. The van der Waals surface area contributed by atoms with Gasteiger partial charge in [-0.05, 0) is 42.8 Å². The summed E-state index contributed by atoms with van der Waals surface area (Å²) in [4.78, 5) is 42.6. The highest BCUT2D eigenvalue weighted by Gasteiger charge is 2.18. The molecule has 34 heavy (non-hydrogen) atoms. The van der Waals surface area contributed by atoms with Crippen molar-refractivity contribution < 1.29 is 4.79 Å². The monoisotopic (exact) mass is 461 g/mol. The first-order valence-electron chi connectivity index (χ1n) is 11.7. The summed E-state index contributed by atoms with van der Waals surface area (Å²) in [5.74, 6) is -0.416. The maximum Gasteiger partial charge on any atom is 0.331 e. The Bertz CT molecular complexity index is 1260. The molecule has 1 aliphatic rings. The summed E-state index contributed by atoms with van der Waals surface area (Å²) in [5.41, 5.74) is 2.81. The van der Waals surface area contributed by atoms with Crippen LogP contribution in [0.1, 0.15) is 18.1 Å². The van der Waals surface area contributed by atoms with Crippen LogP contribution in [0.2, 0.25) is 0 Å². The topological polar surface area (TPSA) is 79.6 Å². The molecule has 0 spiro atoms. The van der Waals surface area contributed by atoms with E-state index in [1.54, 1.807) is 0 Å². The largest absolute Gasteiger partial charge is 0.369 e. The number of amides is 1. The third-order valence-electron chi connectivity index (χ3n) is 6.28. The molecule has 0 bridgehead atoms. The van der Waals surface area contributed by atoms with Crippen LogP contribution in [-0.4, -0.2) is 52.7 Å². The quantitative estimate of drug-likeness (QED) is 0.583. The molecule has 8 nitrogen and oxygen atoms in total. The number of carbonyl (C=O) groups is 1. The van der Waals surface area contributed by atoms with Gasteiger partial charge in [-0.15, -0.1) is 0 Å². The van der Waals surface area contributed by atoms with E-state index in [1.807, 2.05) is 55.5 Å². The van der Waals surface area contributed by atoms with Crippen LogP contribution < -0.4 is 21.5 Å². The predicted octanol–water partition coefficient (Wildman–Crippen LogP) is 2.15. The van der Waals surface area contributed by atoms with Gasteiger partial charge in [-0.2, -0.15) is 0 Å². The van der Waals surface area contributed by atoms with Crippen molar-refractivity contribution in [1.82, 2.24) is 14.0 Å². The summed E-state index contributed by atoms with van der Waals surface area (Å²) in [7, 11) is 0. The van der Waals surface area contributed by atoms with Crippen molar-refractivity contribution in [2.45, 2.75) is 26.9 Å². The molecule has 0 atom stereocenters. The van der Waals surface area contributed by atoms with E-state index in [0.717, 1.165) is 54.1 Å². The van der Waals surface area contributed by atoms with Gasteiger partial charge in [-0.3, -0.25) is 18.7 Å². The third-order valence-corrected chi connectivity index (χ3v) is 6.28. The van der Waals surface area contributed by atoms with E-state index in [2.05, 4.69) is 22.0 Å². The molecule has 8 heteroatoms. The van der Waals surface area contributed by atoms with Crippen molar-refractivity contribution in [3.05, 3.63) is 92.8 Å². The molecular formula is C26H31N5O3. The van der Waals surface area contributed by atoms with Crippen LogP contribution in [0.4, 0.5) is 11.4 Å². The second kappa shape index (κ2) is 10.5. The first kappa shape index (κ1) is 23.5. The molecule has 0 unspecified atom stereocenters. The molecule has 0 radical (unpaired) electrons. The second-order valence-electron chi connectivity index (χ2n) is 8.61. The van der Waals surface area contributed by atoms with Crippen LogP contribution >= 0.6 is 0 Å². The number of benzene rings is 2. The van der Waals surface area contributed by atoms with Gasteiger partial charge in [0.1, 0.15) is 6.54 Å². The first-order chi connectivity index (χ1) is 16.4. The highest BCUT2D eigenvalue weighted by Crippen LogP contribution is 2.24. The number of anilines is 2. The molecule has 1 fully saturated rings. The molecule has 1 saturated heterocycles. The molecule has 4 rings (SSSR count). The Kier molecular flexibility index (Phi) is 7.27. The highest BCUT2D eigenvalue weighted by molar-refractivity contribution is 5.91. The fraction of sp³-hybridized carbons (Fsp3) is 0.346. The molecule has 3 aromatic rings. The van der Waals surface area contributed by atoms with Gasteiger partial charge in [0.2, 0.25) is 5.91 Å². The fourth-order valence-corrected chi connectivity index (χ4v) is 4.34. The fourth-order valence-electron chi connectivity index (χ4n) is 4.34. The van der Waals surface area contributed by atoms with Crippen molar-refractivity contribution in [2.75, 3.05) is 42.9 Å². The Hall–Kier alpha value is -3.65. The smallest absolute Gasteiger partial charge is 0.331 e. The van der Waals surface area contributed by atoms with Gasteiger partial charge in [0, 0.05) is 49.8 Å². The summed E-state index contributed by atoms with van der Waals surface area (Å²) >= 11 is 0. The Morgan fingerprint density at radius 1 is 0.971 bits per heavy atom. The zero-order valence-electron chi connectivity index (χ0n) is 19.7. The zero-order chi connectivity index (χ0) is 24.1. The predicted molar refractivity (Wildman–Crippen MR) is 135 cm³/mol. The number of rotatable bonds is 7. The number of hydrogen-bond acceptors (Lipinski definition) is 5. The van der Waals surface area contributed by atoms with E-state index in [1.165, 1.54) is 16.8 Å². The third kappa shape index (κ3) is 5.46. The van der Waals surface area contributed by atoms with E-state index in [0.29, 0.717) is 12.2 Å². The lowest BCUT2D eigenvalue weighted by Gasteiger charge is -2.36. The van der Waals surface area contributed by atoms with E-state index in [4.69, 9.17) is 0 Å². The van der Waals surface area contributed by atoms with Gasteiger partial charge in [0.15, 0.2) is 0 Å². The van der Waals surface area contributed by atoms with Gasteiger partial charge in [-0.1, -0.05) is 37.3 Å². The minimum atomic E-state index is -0.510. The van der Waals surface area contributed by atoms with E-state index >= 15 is 0 Å². The number of piperazine rings is 1. The lowest BCUT2D eigenvalue weighted by atomic mass is 10.1. The van der Waals surface area contributed by atoms with Gasteiger partial charge >= 0.3 is 5.69 Å². The number of aromatic nitrogens is 2. The van der Waals surface area contributed by atoms with Crippen molar-refractivity contribution in [3.8, 4) is 0 Å².